The predicted octanol–water partition coefficient (Wildman–Crippen LogP) is 1.38. The molecule has 0 aromatic heterocycles. The Morgan fingerprint density at radius 1 is 1.39 bits per heavy atom. The summed E-state index contributed by atoms with van der Waals surface area (Å²) in [5, 5.41) is 0. The molecule has 0 aromatic rings. The van der Waals surface area contributed by atoms with Gasteiger partial charge in [-0.05, 0) is 13.8 Å². The predicted molar refractivity (Wildman–Crippen MR) is 64.8 cm³/mol. The van der Waals surface area contributed by atoms with Crippen LogP contribution in [0.1, 0.15) is 20.3 Å². The molecular formula is C13H18O5. The Morgan fingerprint density at radius 2 is 2.00 bits per heavy atom. The molecule has 0 saturated carbocycles. The number of hydrogen-bond donors (Lipinski definition) is 0. The summed E-state index contributed by atoms with van der Waals surface area (Å²) in [5.41, 5.74) is 0.680. The van der Waals surface area contributed by atoms with Gasteiger partial charge in [-0.1, -0.05) is 13.2 Å². The molecule has 0 bridgehead atoms. The third-order valence-electron chi connectivity index (χ3n) is 2.27. The average Bonchev–Trinajstić information content (AvgIpc) is 3.09. The molecule has 5 heteroatoms. The van der Waals surface area contributed by atoms with E-state index in [-0.39, 0.29) is 12.7 Å². The Hall–Kier alpha value is -1.62. The summed E-state index contributed by atoms with van der Waals surface area (Å²) < 4.78 is 14.9. The first kappa shape index (κ1) is 14.4. The molecule has 100 valence electrons. The highest BCUT2D eigenvalue weighted by atomic mass is 16.6. The number of hydrogen-bond acceptors (Lipinski definition) is 5. The van der Waals surface area contributed by atoms with Crippen molar-refractivity contribution in [3.8, 4) is 0 Å². The van der Waals surface area contributed by atoms with Gasteiger partial charge in [0.1, 0.15) is 12.7 Å². The van der Waals surface area contributed by atoms with Gasteiger partial charge < -0.3 is 14.2 Å². The van der Waals surface area contributed by atoms with Gasteiger partial charge in [-0.2, -0.15) is 0 Å². The monoisotopic (exact) mass is 254 g/mol. The smallest absolute Gasteiger partial charge is 0.333 e. The van der Waals surface area contributed by atoms with Gasteiger partial charge in [0, 0.05) is 17.6 Å². The first-order valence-electron chi connectivity index (χ1n) is 5.73. The summed E-state index contributed by atoms with van der Waals surface area (Å²) in [6.07, 6.45) is 0.0659. The van der Waals surface area contributed by atoms with Gasteiger partial charge in [-0.25, -0.2) is 9.59 Å². The molecule has 0 radical (unpaired) electrons. The topological polar surface area (TPSA) is 65.1 Å². The van der Waals surface area contributed by atoms with Crippen LogP contribution in [0.5, 0.6) is 0 Å². The van der Waals surface area contributed by atoms with Crippen molar-refractivity contribution in [2.75, 3.05) is 13.2 Å². The van der Waals surface area contributed by atoms with Crippen LogP contribution in [0.2, 0.25) is 0 Å². The van der Waals surface area contributed by atoms with E-state index in [4.69, 9.17) is 14.2 Å². The van der Waals surface area contributed by atoms with Crippen LogP contribution in [0.4, 0.5) is 0 Å². The summed E-state index contributed by atoms with van der Waals surface area (Å²) in [4.78, 5) is 22.7. The van der Waals surface area contributed by atoms with E-state index in [1.54, 1.807) is 13.8 Å². The van der Waals surface area contributed by atoms with Crippen LogP contribution >= 0.6 is 0 Å². The molecule has 0 amide bonds. The summed E-state index contributed by atoms with van der Waals surface area (Å²) in [6.45, 7) is 11.0. The number of epoxide rings is 1. The largest absolute Gasteiger partial charge is 0.458 e. The highest BCUT2D eigenvalue weighted by Crippen LogP contribution is 2.19. The van der Waals surface area contributed by atoms with Gasteiger partial charge >= 0.3 is 11.9 Å². The minimum Gasteiger partial charge on any atom is -0.458 e. The van der Waals surface area contributed by atoms with E-state index in [2.05, 4.69) is 13.2 Å². The van der Waals surface area contributed by atoms with Crippen LogP contribution in [0.25, 0.3) is 0 Å². The second-order valence-corrected chi connectivity index (χ2v) is 4.36. The summed E-state index contributed by atoms with van der Waals surface area (Å²) in [6, 6.07) is 0. The van der Waals surface area contributed by atoms with E-state index in [1.807, 2.05) is 0 Å². The van der Waals surface area contributed by atoms with Crippen molar-refractivity contribution in [2.45, 2.75) is 32.5 Å². The number of carbonyl (C=O) groups excluding carboxylic acids is 2. The number of esters is 2. The maximum atomic E-state index is 11.6. The van der Waals surface area contributed by atoms with E-state index in [0.717, 1.165) is 0 Å². The van der Waals surface area contributed by atoms with Gasteiger partial charge in [0.2, 0.25) is 0 Å². The van der Waals surface area contributed by atoms with Crippen LogP contribution in [-0.4, -0.2) is 37.4 Å². The van der Waals surface area contributed by atoms with Crippen LogP contribution < -0.4 is 0 Å². The molecule has 18 heavy (non-hydrogen) atoms. The first-order valence-corrected chi connectivity index (χ1v) is 5.73. The average molecular weight is 254 g/mol. The Balaban J connectivity index is 2.23. The Kier molecular flexibility index (Phi) is 5.09. The van der Waals surface area contributed by atoms with Crippen molar-refractivity contribution in [2.24, 2.45) is 0 Å². The summed E-state index contributed by atoms with van der Waals surface area (Å²) >= 11 is 0. The maximum absolute atomic E-state index is 11.6. The first-order chi connectivity index (χ1) is 8.40. The van der Waals surface area contributed by atoms with Crippen LogP contribution in [0.3, 0.4) is 0 Å². The third kappa shape index (κ3) is 5.14. The Bertz CT molecular complexity index is 368. The minimum absolute atomic E-state index is 0.00461. The maximum Gasteiger partial charge on any atom is 0.333 e. The van der Waals surface area contributed by atoms with E-state index < -0.39 is 18.0 Å². The van der Waals surface area contributed by atoms with Gasteiger partial charge in [-0.3, -0.25) is 0 Å². The second kappa shape index (κ2) is 6.35. The second-order valence-electron chi connectivity index (χ2n) is 4.36. The fourth-order valence-corrected chi connectivity index (χ4v) is 1.16. The van der Waals surface area contributed by atoms with Crippen molar-refractivity contribution in [1.29, 1.82) is 0 Å². The highest BCUT2D eigenvalue weighted by Gasteiger charge is 2.26. The highest BCUT2D eigenvalue weighted by molar-refractivity contribution is 5.88. The number of rotatable bonds is 7. The molecule has 1 aliphatic rings. The standard InChI is InChI=1S/C13H18O5/c1-8(2)12(14)17-6-10(4)18-13(15)9(3)5-11-7-16-11/h10-11H,1,3,5-7H2,2,4H3. The van der Waals surface area contributed by atoms with Crippen molar-refractivity contribution < 1.29 is 23.8 Å². The summed E-state index contributed by atoms with van der Waals surface area (Å²) in [5.74, 6) is -0.979. The lowest BCUT2D eigenvalue weighted by Crippen LogP contribution is -2.23. The third-order valence-corrected chi connectivity index (χ3v) is 2.27. The molecule has 1 rings (SSSR count). The molecule has 2 unspecified atom stereocenters. The Morgan fingerprint density at radius 3 is 2.50 bits per heavy atom. The number of ether oxygens (including phenoxy) is 3. The number of carbonyl (C=O) groups is 2. The lowest BCUT2D eigenvalue weighted by Gasteiger charge is -2.14. The van der Waals surface area contributed by atoms with Crippen LogP contribution in [0, 0.1) is 0 Å². The zero-order chi connectivity index (χ0) is 13.7. The van der Waals surface area contributed by atoms with E-state index in [9.17, 15) is 9.59 Å². The molecule has 1 saturated heterocycles. The van der Waals surface area contributed by atoms with Crippen molar-refractivity contribution >= 4 is 11.9 Å². The molecule has 0 N–H and O–H groups in total. The lowest BCUT2D eigenvalue weighted by molar-refractivity contribution is -0.153. The van der Waals surface area contributed by atoms with Gasteiger partial charge in [0.15, 0.2) is 0 Å². The molecule has 1 heterocycles. The van der Waals surface area contributed by atoms with E-state index in [1.165, 1.54) is 0 Å². The molecule has 5 nitrogen and oxygen atoms in total. The van der Waals surface area contributed by atoms with E-state index >= 15 is 0 Å². The molecule has 0 spiro atoms. The fraction of sp³-hybridized carbons (Fsp3) is 0.538. The van der Waals surface area contributed by atoms with Gasteiger partial charge in [0.05, 0.1) is 12.7 Å². The molecule has 1 fully saturated rings. The molecule has 1 aliphatic heterocycles. The van der Waals surface area contributed by atoms with Crippen molar-refractivity contribution in [3.05, 3.63) is 24.3 Å². The zero-order valence-corrected chi connectivity index (χ0v) is 10.7. The van der Waals surface area contributed by atoms with Crippen molar-refractivity contribution in [3.63, 3.8) is 0 Å². The summed E-state index contributed by atoms with van der Waals surface area (Å²) in [7, 11) is 0. The van der Waals surface area contributed by atoms with E-state index in [0.29, 0.717) is 24.2 Å². The van der Waals surface area contributed by atoms with Gasteiger partial charge in [0.25, 0.3) is 0 Å². The zero-order valence-electron chi connectivity index (χ0n) is 10.7. The molecular weight excluding hydrogens is 236 g/mol. The SMILES string of the molecule is C=C(C)C(=O)OCC(C)OC(=O)C(=C)CC1CO1. The fourth-order valence-electron chi connectivity index (χ4n) is 1.16. The van der Waals surface area contributed by atoms with Gasteiger partial charge in [-0.15, -0.1) is 0 Å². The normalized spacial score (nSPS) is 18.7. The molecule has 0 aromatic carbocycles. The minimum atomic E-state index is -0.516. The van der Waals surface area contributed by atoms with Crippen LogP contribution in [0.15, 0.2) is 24.3 Å². The van der Waals surface area contributed by atoms with Crippen molar-refractivity contribution in [1.82, 2.24) is 0 Å². The molecule has 2 atom stereocenters. The lowest BCUT2D eigenvalue weighted by atomic mass is 10.2. The van der Waals surface area contributed by atoms with Crippen LogP contribution in [-0.2, 0) is 23.8 Å². The Labute approximate surface area is 106 Å². The quantitative estimate of drug-likeness (QED) is 0.390. The molecule has 0 aliphatic carbocycles.